The summed E-state index contributed by atoms with van der Waals surface area (Å²) in [6, 6.07) is 4.79. The second-order valence-electron chi connectivity index (χ2n) is 4.11. The van der Waals surface area contributed by atoms with E-state index in [0.29, 0.717) is 6.04 Å². The molecule has 0 aromatic carbocycles. The summed E-state index contributed by atoms with van der Waals surface area (Å²) in [5.41, 5.74) is 1.37. The zero-order valence-corrected chi connectivity index (χ0v) is 10.0. The first-order valence-electron chi connectivity index (χ1n) is 5.90. The van der Waals surface area contributed by atoms with Crippen molar-refractivity contribution in [2.24, 2.45) is 5.92 Å². The quantitative estimate of drug-likeness (QED) is 0.774. The highest BCUT2D eigenvalue weighted by molar-refractivity contribution is 5.11. The third kappa shape index (κ3) is 4.00. The van der Waals surface area contributed by atoms with Gasteiger partial charge in [-0.05, 0) is 36.6 Å². The average molecular weight is 206 g/mol. The summed E-state index contributed by atoms with van der Waals surface area (Å²) >= 11 is 0. The van der Waals surface area contributed by atoms with E-state index in [1.165, 1.54) is 12.0 Å². The predicted octanol–water partition coefficient (Wildman–Crippen LogP) is 2.65. The van der Waals surface area contributed by atoms with Gasteiger partial charge in [-0.15, -0.1) is 0 Å². The van der Waals surface area contributed by atoms with Gasteiger partial charge in [0.1, 0.15) is 0 Å². The molecule has 0 aliphatic heterocycles. The first kappa shape index (κ1) is 12.2. The van der Waals surface area contributed by atoms with Gasteiger partial charge in [-0.2, -0.15) is 0 Å². The van der Waals surface area contributed by atoms with Gasteiger partial charge in [0.2, 0.25) is 0 Å². The van der Waals surface area contributed by atoms with Crippen molar-refractivity contribution in [1.29, 1.82) is 0 Å². The van der Waals surface area contributed by atoms with Crippen LogP contribution in [0.1, 0.15) is 32.8 Å². The van der Waals surface area contributed by atoms with Crippen LogP contribution in [0, 0.1) is 5.92 Å². The normalized spacial score (nSPS) is 14.9. The van der Waals surface area contributed by atoms with Gasteiger partial charge in [0, 0.05) is 18.4 Å². The molecule has 0 fully saturated rings. The number of hydrogen-bond donors (Lipinski definition) is 1. The topological polar surface area (TPSA) is 24.9 Å². The van der Waals surface area contributed by atoms with E-state index < -0.39 is 0 Å². The summed E-state index contributed by atoms with van der Waals surface area (Å²) in [4.78, 5) is 4.04. The molecule has 0 radical (unpaired) electrons. The molecule has 1 rings (SSSR count). The molecule has 1 aromatic heterocycles. The number of likely N-dealkylation sites (N-methyl/N-ethyl adjacent to an activating group) is 1. The molecule has 0 spiro atoms. The van der Waals surface area contributed by atoms with Gasteiger partial charge in [-0.1, -0.05) is 27.2 Å². The number of hydrogen-bond acceptors (Lipinski definition) is 2. The smallest absolute Gasteiger partial charge is 0.0270 e. The van der Waals surface area contributed by atoms with E-state index in [2.05, 4.69) is 43.2 Å². The number of pyridine rings is 1. The van der Waals surface area contributed by atoms with Crippen LogP contribution in [-0.4, -0.2) is 17.6 Å². The van der Waals surface area contributed by atoms with E-state index in [-0.39, 0.29) is 0 Å². The molecule has 2 unspecified atom stereocenters. The number of nitrogens with zero attached hydrogens (tertiary/aromatic N) is 1. The maximum absolute atomic E-state index is 4.04. The van der Waals surface area contributed by atoms with Gasteiger partial charge in [-0.3, -0.25) is 4.98 Å². The fourth-order valence-electron chi connectivity index (χ4n) is 1.79. The summed E-state index contributed by atoms with van der Waals surface area (Å²) < 4.78 is 0. The summed E-state index contributed by atoms with van der Waals surface area (Å²) in [5, 5.41) is 3.56. The summed E-state index contributed by atoms with van der Waals surface area (Å²) in [5.74, 6) is 0.720. The maximum atomic E-state index is 4.04. The highest BCUT2D eigenvalue weighted by Gasteiger charge is 2.14. The van der Waals surface area contributed by atoms with Crippen molar-refractivity contribution >= 4 is 0 Å². The Morgan fingerprint density at radius 3 is 2.47 bits per heavy atom. The van der Waals surface area contributed by atoms with Crippen molar-refractivity contribution in [3.05, 3.63) is 30.1 Å². The SMILES string of the molecule is CCNC(Cc1ccncc1)C(C)CC. The van der Waals surface area contributed by atoms with E-state index in [9.17, 15) is 0 Å². The van der Waals surface area contributed by atoms with Gasteiger partial charge in [0.05, 0.1) is 0 Å². The Labute approximate surface area is 93.1 Å². The lowest BCUT2D eigenvalue weighted by molar-refractivity contribution is 0.371. The first-order chi connectivity index (χ1) is 7.27. The van der Waals surface area contributed by atoms with Crippen LogP contribution in [0.3, 0.4) is 0 Å². The van der Waals surface area contributed by atoms with Crippen LogP contribution in [0.25, 0.3) is 0 Å². The van der Waals surface area contributed by atoms with Crippen molar-refractivity contribution in [2.75, 3.05) is 6.54 Å². The molecule has 0 amide bonds. The van der Waals surface area contributed by atoms with E-state index in [0.717, 1.165) is 18.9 Å². The van der Waals surface area contributed by atoms with Crippen LogP contribution in [0.2, 0.25) is 0 Å². The Hall–Kier alpha value is -0.890. The van der Waals surface area contributed by atoms with Gasteiger partial charge in [0.15, 0.2) is 0 Å². The molecule has 1 aromatic rings. The van der Waals surface area contributed by atoms with Crippen LogP contribution >= 0.6 is 0 Å². The fraction of sp³-hybridized carbons (Fsp3) is 0.615. The minimum atomic E-state index is 0.586. The molecule has 0 saturated carbocycles. The largest absolute Gasteiger partial charge is 0.314 e. The molecule has 15 heavy (non-hydrogen) atoms. The van der Waals surface area contributed by atoms with Gasteiger partial charge in [-0.25, -0.2) is 0 Å². The molecule has 0 aliphatic rings. The Morgan fingerprint density at radius 1 is 1.27 bits per heavy atom. The first-order valence-corrected chi connectivity index (χ1v) is 5.90. The number of rotatable bonds is 6. The van der Waals surface area contributed by atoms with Crippen LogP contribution < -0.4 is 5.32 Å². The standard InChI is InChI=1S/C13H22N2/c1-4-11(3)13(15-5-2)10-12-6-8-14-9-7-12/h6-9,11,13,15H,4-5,10H2,1-3H3. The van der Waals surface area contributed by atoms with Crippen LogP contribution in [0.4, 0.5) is 0 Å². The molecule has 0 aliphatic carbocycles. The summed E-state index contributed by atoms with van der Waals surface area (Å²) in [6.45, 7) is 7.78. The second-order valence-corrected chi connectivity index (χ2v) is 4.11. The van der Waals surface area contributed by atoms with Crippen LogP contribution in [0.5, 0.6) is 0 Å². The second kappa shape index (κ2) is 6.57. The Morgan fingerprint density at radius 2 is 1.93 bits per heavy atom. The summed E-state index contributed by atoms with van der Waals surface area (Å²) in [6.07, 6.45) is 6.07. The molecule has 0 bridgehead atoms. The minimum Gasteiger partial charge on any atom is -0.314 e. The Balaban J connectivity index is 2.58. The monoisotopic (exact) mass is 206 g/mol. The average Bonchev–Trinajstić information content (AvgIpc) is 2.29. The van der Waals surface area contributed by atoms with Gasteiger partial charge < -0.3 is 5.32 Å². The number of aromatic nitrogens is 1. The zero-order chi connectivity index (χ0) is 11.1. The molecule has 2 heteroatoms. The molecular formula is C13H22N2. The van der Waals surface area contributed by atoms with E-state index in [1.54, 1.807) is 0 Å². The van der Waals surface area contributed by atoms with E-state index >= 15 is 0 Å². The highest BCUT2D eigenvalue weighted by Crippen LogP contribution is 2.12. The van der Waals surface area contributed by atoms with Crippen LogP contribution in [-0.2, 0) is 6.42 Å². The van der Waals surface area contributed by atoms with Gasteiger partial charge in [0.25, 0.3) is 0 Å². The lowest BCUT2D eigenvalue weighted by atomic mass is 9.93. The third-order valence-corrected chi connectivity index (χ3v) is 3.00. The Bertz CT molecular complexity index is 258. The van der Waals surface area contributed by atoms with Crippen molar-refractivity contribution in [2.45, 2.75) is 39.7 Å². The molecule has 2 atom stereocenters. The van der Waals surface area contributed by atoms with Crippen molar-refractivity contribution in [1.82, 2.24) is 10.3 Å². The van der Waals surface area contributed by atoms with Crippen molar-refractivity contribution in [3.8, 4) is 0 Å². The lowest BCUT2D eigenvalue weighted by Crippen LogP contribution is -2.36. The van der Waals surface area contributed by atoms with Crippen molar-refractivity contribution in [3.63, 3.8) is 0 Å². The van der Waals surface area contributed by atoms with E-state index in [4.69, 9.17) is 0 Å². The molecule has 1 heterocycles. The molecular weight excluding hydrogens is 184 g/mol. The maximum Gasteiger partial charge on any atom is 0.0270 e. The van der Waals surface area contributed by atoms with Crippen molar-refractivity contribution < 1.29 is 0 Å². The highest BCUT2D eigenvalue weighted by atomic mass is 14.9. The fourth-order valence-corrected chi connectivity index (χ4v) is 1.79. The zero-order valence-electron chi connectivity index (χ0n) is 10.0. The summed E-state index contributed by atoms with van der Waals surface area (Å²) in [7, 11) is 0. The lowest BCUT2D eigenvalue weighted by Gasteiger charge is -2.23. The minimum absolute atomic E-state index is 0.586. The molecule has 0 saturated heterocycles. The molecule has 84 valence electrons. The van der Waals surface area contributed by atoms with E-state index in [1.807, 2.05) is 12.4 Å². The molecule has 1 N–H and O–H groups in total. The van der Waals surface area contributed by atoms with Gasteiger partial charge >= 0.3 is 0 Å². The van der Waals surface area contributed by atoms with Crippen LogP contribution in [0.15, 0.2) is 24.5 Å². The predicted molar refractivity (Wildman–Crippen MR) is 64.9 cm³/mol. The Kier molecular flexibility index (Phi) is 5.33. The third-order valence-electron chi connectivity index (χ3n) is 3.00. The molecule has 2 nitrogen and oxygen atoms in total. The number of nitrogens with one attached hydrogen (secondary N) is 1.